The van der Waals surface area contributed by atoms with E-state index in [1.165, 1.54) is 4.90 Å². The highest BCUT2D eigenvalue weighted by Crippen LogP contribution is 2.34. The maximum Gasteiger partial charge on any atom is 0.196 e. The first-order valence-electron chi connectivity index (χ1n) is 8.89. The number of benzene rings is 2. The van der Waals surface area contributed by atoms with Crippen molar-refractivity contribution in [3.05, 3.63) is 51.7 Å². The van der Waals surface area contributed by atoms with Crippen LogP contribution >= 0.6 is 11.3 Å². The molecule has 0 aliphatic rings. The number of aliphatic hydroxyl groups excluding tert-OH is 1. The fourth-order valence-electron chi connectivity index (χ4n) is 3.16. The van der Waals surface area contributed by atoms with Crippen LogP contribution in [-0.4, -0.2) is 38.0 Å². The van der Waals surface area contributed by atoms with Crippen LogP contribution in [0.4, 0.5) is 0 Å². The molecule has 0 aliphatic carbocycles. The molecule has 2 unspecified atom stereocenters. The number of fused-ring (bicyclic) bond motifs is 2. The molecule has 0 amide bonds. The van der Waals surface area contributed by atoms with Crippen molar-refractivity contribution in [2.75, 3.05) is 20.6 Å². The molecule has 0 spiro atoms. The Kier molecular flexibility index (Phi) is 6.87. The Hall–Kier alpha value is -1.66. The number of quaternary nitrogens is 1. The first-order valence-corrected chi connectivity index (χ1v) is 9.70. The molecule has 4 nitrogen and oxygen atoms in total. The summed E-state index contributed by atoms with van der Waals surface area (Å²) in [6.07, 6.45) is -0.916. The third kappa shape index (κ3) is 4.27. The zero-order valence-electron chi connectivity index (χ0n) is 16.3. The molecule has 0 fully saturated rings. The van der Waals surface area contributed by atoms with Crippen molar-refractivity contribution in [1.29, 1.82) is 0 Å². The molecule has 0 saturated carbocycles. The van der Waals surface area contributed by atoms with E-state index in [-0.39, 0.29) is 23.9 Å². The molecule has 146 valence electrons. The van der Waals surface area contributed by atoms with Crippen LogP contribution in [0.25, 0.3) is 20.2 Å². The third-order valence-corrected chi connectivity index (χ3v) is 6.11. The zero-order valence-corrected chi connectivity index (χ0v) is 17.9. The average molecular weight is 408 g/mol. The number of ether oxygens (including phenoxy) is 1. The molecule has 27 heavy (non-hydrogen) atoms. The largest absolute Gasteiger partial charge is 1.00 e. The summed E-state index contributed by atoms with van der Waals surface area (Å²) in [4.78, 5) is 14.2. The standard InChI is InChI=1S/C21H25NO3S.ClH/c1-12-13(2)21-16(20(24)15-8-6-7-9-19(15)26-21)10-17(12)25-18(14(3)23)11-22(4)5;/h6-10,14,18,23H,11H2,1-5H3;1H. The van der Waals surface area contributed by atoms with Crippen LogP contribution in [0, 0.1) is 13.8 Å². The molecule has 1 aromatic heterocycles. The lowest BCUT2D eigenvalue weighted by molar-refractivity contribution is -0.861. The van der Waals surface area contributed by atoms with E-state index in [9.17, 15) is 9.90 Å². The minimum Gasteiger partial charge on any atom is -1.00 e. The predicted molar refractivity (Wildman–Crippen MR) is 109 cm³/mol. The van der Waals surface area contributed by atoms with Gasteiger partial charge in [0, 0.05) is 20.2 Å². The van der Waals surface area contributed by atoms with Gasteiger partial charge in [0.05, 0.1) is 20.2 Å². The van der Waals surface area contributed by atoms with E-state index in [1.54, 1.807) is 18.3 Å². The molecule has 1 heterocycles. The second-order valence-corrected chi connectivity index (χ2v) is 8.29. The molecule has 0 radical (unpaired) electrons. The van der Waals surface area contributed by atoms with E-state index in [1.807, 2.05) is 58.3 Å². The second-order valence-electron chi connectivity index (χ2n) is 7.24. The van der Waals surface area contributed by atoms with Gasteiger partial charge < -0.3 is 27.2 Å². The highest BCUT2D eigenvalue weighted by atomic mass is 35.5. The molecule has 3 aromatic rings. The fourth-order valence-corrected chi connectivity index (χ4v) is 4.36. The SMILES string of the molecule is Cc1c(OC(C[NH+](C)C)C(C)O)cc2c(=O)c3ccccc3sc2c1C.[Cl-]. The van der Waals surface area contributed by atoms with Crippen LogP contribution < -0.4 is 27.5 Å². The van der Waals surface area contributed by atoms with E-state index in [4.69, 9.17) is 4.74 Å². The number of aryl methyl sites for hydroxylation is 1. The Bertz CT molecular complexity index is 1010. The summed E-state index contributed by atoms with van der Waals surface area (Å²) in [5.41, 5.74) is 2.11. The van der Waals surface area contributed by atoms with Gasteiger partial charge in [0.2, 0.25) is 0 Å². The van der Waals surface area contributed by atoms with Gasteiger partial charge in [0.1, 0.15) is 12.3 Å². The third-order valence-electron chi connectivity index (χ3n) is 4.81. The van der Waals surface area contributed by atoms with E-state index < -0.39 is 6.10 Å². The quantitative estimate of drug-likeness (QED) is 0.550. The van der Waals surface area contributed by atoms with Crippen molar-refractivity contribution >= 4 is 31.5 Å². The normalized spacial score (nSPS) is 13.6. The van der Waals surface area contributed by atoms with Gasteiger partial charge in [0.25, 0.3) is 0 Å². The van der Waals surface area contributed by atoms with Crippen LogP contribution in [0.15, 0.2) is 35.1 Å². The molecular weight excluding hydrogens is 382 g/mol. The van der Waals surface area contributed by atoms with E-state index in [0.29, 0.717) is 17.7 Å². The monoisotopic (exact) mass is 407 g/mol. The van der Waals surface area contributed by atoms with Gasteiger partial charge in [-0.15, -0.1) is 11.3 Å². The molecule has 2 N–H and O–H groups in total. The van der Waals surface area contributed by atoms with Gasteiger partial charge in [-0.2, -0.15) is 0 Å². The molecule has 2 aromatic carbocycles. The summed E-state index contributed by atoms with van der Waals surface area (Å²) >= 11 is 1.64. The summed E-state index contributed by atoms with van der Waals surface area (Å²) in [5.74, 6) is 0.682. The highest BCUT2D eigenvalue weighted by molar-refractivity contribution is 7.24. The van der Waals surface area contributed by atoms with Crippen LogP contribution in [0.3, 0.4) is 0 Å². The van der Waals surface area contributed by atoms with Crippen molar-refractivity contribution in [2.45, 2.75) is 33.0 Å². The first-order chi connectivity index (χ1) is 12.3. The lowest BCUT2D eigenvalue weighted by Gasteiger charge is -2.24. The van der Waals surface area contributed by atoms with E-state index >= 15 is 0 Å². The number of likely N-dealkylation sites (N-methyl/N-ethyl adjacent to an activating group) is 1. The van der Waals surface area contributed by atoms with Gasteiger partial charge in [-0.3, -0.25) is 4.79 Å². The molecule has 2 atom stereocenters. The number of aliphatic hydroxyl groups is 1. The zero-order chi connectivity index (χ0) is 19.0. The summed E-state index contributed by atoms with van der Waals surface area (Å²) < 4.78 is 8.17. The van der Waals surface area contributed by atoms with Crippen LogP contribution in [0.2, 0.25) is 0 Å². The molecule has 6 heteroatoms. The van der Waals surface area contributed by atoms with Crippen molar-refractivity contribution < 1.29 is 27.2 Å². The Morgan fingerprint density at radius 1 is 1.15 bits per heavy atom. The van der Waals surface area contributed by atoms with Gasteiger partial charge in [-0.05, 0) is 50.1 Å². The topological polar surface area (TPSA) is 51.0 Å². The summed E-state index contributed by atoms with van der Waals surface area (Å²) in [6.45, 7) is 6.46. The average Bonchev–Trinajstić information content (AvgIpc) is 2.59. The number of halogens is 1. The molecule has 0 aliphatic heterocycles. The second kappa shape index (κ2) is 8.57. The first kappa shape index (κ1) is 21.6. The van der Waals surface area contributed by atoms with Gasteiger partial charge in [-0.25, -0.2) is 0 Å². The maximum atomic E-state index is 13.0. The molecule has 0 saturated heterocycles. The maximum absolute atomic E-state index is 13.0. The van der Waals surface area contributed by atoms with Crippen molar-refractivity contribution in [3.63, 3.8) is 0 Å². The highest BCUT2D eigenvalue weighted by Gasteiger charge is 2.22. The van der Waals surface area contributed by atoms with Crippen LogP contribution in [-0.2, 0) is 0 Å². The number of rotatable bonds is 5. The summed E-state index contributed by atoms with van der Waals surface area (Å²) in [6, 6.07) is 9.56. The van der Waals surface area contributed by atoms with E-state index in [2.05, 4.69) is 0 Å². The Balaban J connectivity index is 0.00000261. The predicted octanol–water partition coefficient (Wildman–Crippen LogP) is -0.692. The van der Waals surface area contributed by atoms with Gasteiger partial charge in [0.15, 0.2) is 11.5 Å². The molecule has 3 rings (SSSR count). The van der Waals surface area contributed by atoms with Crippen molar-refractivity contribution in [2.24, 2.45) is 0 Å². The molecular formula is C21H26ClNO3S. The van der Waals surface area contributed by atoms with Gasteiger partial charge in [-0.1, -0.05) is 12.1 Å². The fraction of sp³-hybridized carbons (Fsp3) is 0.381. The van der Waals surface area contributed by atoms with Gasteiger partial charge >= 0.3 is 0 Å². The lowest BCUT2D eigenvalue weighted by Crippen LogP contribution is -3.07. The van der Waals surface area contributed by atoms with Crippen LogP contribution in [0.5, 0.6) is 5.75 Å². The molecule has 0 bridgehead atoms. The number of nitrogens with one attached hydrogen (secondary N) is 1. The minimum atomic E-state index is -0.591. The Morgan fingerprint density at radius 2 is 1.81 bits per heavy atom. The minimum absolute atomic E-state index is 0. The van der Waals surface area contributed by atoms with Crippen molar-refractivity contribution in [3.8, 4) is 5.75 Å². The summed E-state index contributed by atoms with van der Waals surface area (Å²) in [5, 5.41) is 11.5. The number of hydrogen-bond donors (Lipinski definition) is 2. The lowest BCUT2D eigenvalue weighted by atomic mass is 10.0. The Labute approximate surface area is 169 Å². The Morgan fingerprint density at radius 3 is 2.44 bits per heavy atom. The van der Waals surface area contributed by atoms with E-state index in [0.717, 1.165) is 25.9 Å². The van der Waals surface area contributed by atoms with Crippen molar-refractivity contribution in [1.82, 2.24) is 0 Å². The number of hydrogen-bond acceptors (Lipinski definition) is 4. The van der Waals surface area contributed by atoms with Crippen LogP contribution in [0.1, 0.15) is 18.1 Å². The smallest absolute Gasteiger partial charge is 0.196 e. The summed E-state index contributed by atoms with van der Waals surface area (Å²) in [7, 11) is 4.06.